The van der Waals surface area contributed by atoms with Crippen molar-refractivity contribution in [2.45, 2.75) is 38.5 Å². The molecule has 3 aliphatic rings. The predicted octanol–water partition coefficient (Wildman–Crippen LogP) is 2.10. The lowest BCUT2D eigenvalue weighted by molar-refractivity contribution is -0.147. The minimum Gasteiger partial charge on any atom is -0.461 e. The Balaban J connectivity index is 1.43. The highest BCUT2D eigenvalue weighted by atomic mass is 16.3. The quantitative estimate of drug-likeness (QED) is 0.619. The molecule has 1 saturated carbocycles. The fourth-order valence-electron chi connectivity index (χ4n) is 4.39. The van der Waals surface area contributed by atoms with Gasteiger partial charge in [-0.3, -0.25) is 14.4 Å². The Morgan fingerprint density at radius 2 is 2.04 bits per heavy atom. The van der Waals surface area contributed by atoms with E-state index in [1.54, 1.807) is 6.07 Å². The molecule has 1 aromatic rings. The van der Waals surface area contributed by atoms with Gasteiger partial charge >= 0.3 is 0 Å². The Labute approximate surface area is 147 Å². The van der Waals surface area contributed by atoms with Gasteiger partial charge in [0.25, 0.3) is 11.7 Å². The molecule has 3 heterocycles. The van der Waals surface area contributed by atoms with Crippen LogP contribution in [0.2, 0.25) is 0 Å². The summed E-state index contributed by atoms with van der Waals surface area (Å²) >= 11 is 0. The van der Waals surface area contributed by atoms with Gasteiger partial charge in [-0.1, -0.05) is 6.42 Å². The number of likely N-dealkylation sites (tertiary alicyclic amines) is 2. The Morgan fingerprint density at radius 3 is 2.72 bits per heavy atom. The van der Waals surface area contributed by atoms with E-state index in [2.05, 4.69) is 0 Å². The molecule has 0 radical (unpaired) electrons. The van der Waals surface area contributed by atoms with Crippen LogP contribution in [0.1, 0.15) is 49.1 Å². The molecule has 2 amide bonds. The third-order valence-corrected chi connectivity index (χ3v) is 6.11. The van der Waals surface area contributed by atoms with Gasteiger partial charge in [-0.25, -0.2) is 0 Å². The number of piperidine rings is 1. The molecular weight excluding hydrogens is 320 g/mol. The zero-order chi connectivity index (χ0) is 17.4. The Hall–Kier alpha value is -2.11. The maximum Gasteiger partial charge on any atom is 0.298 e. The van der Waals surface area contributed by atoms with Gasteiger partial charge in [-0.15, -0.1) is 0 Å². The van der Waals surface area contributed by atoms with Gasteiger partial charge in [-0.2, -0.15) is 0 Å². The maximum absolute atomic E-state index is 13.1. The van der Waals surface area contributed by atoms with Gasteiger partial charge in [0.1, 0.15) is 0 Å². The summed E-state index contributed by atoms with van der Waals surface area (Å²) in [6.07, 6.45) is 7.55. The summed E-state index contributed by atoms with van der Waals surface area (Å²) in [6, 6.07) is 3.09. The number of rotatable bonds is 4. The number of nitrogens with zero attached hydrogens (tertiary/aromatic N) is 2. The fraction of sp³-hybridized carbons (Fsp3) is 0.632. The average Bonchev–Trinajstić information content (AvgIpc) is 3.24. The predicted molar refractivity (Wildman–Crippen MR) is 89.8 cm³/mol. The minimum absolute atomic E-state index is 0.0625. The van der Waals surface area contributed by atoms with Gasteiger partial charge < -0.3 is 14.2 Å². The van der Waals surface area contributed by atoms with E-state index >= 15 is 0 Å². The highest BCUT2D eigenvalue weighted by Gasteiger charge is 2.50. The van der Waals surface area contributed by atoms with Crippen molar-refractivity contribution >= 4 is 17.6 Å². The van der Waals surface area contributed by atoms with Crippen LogP contribution in [0, 0.1) is 11.3 Å². The molecule has 4 rings (SSSR count). The van der Waals surface area contributed by atoms with E-state index in [4.69, 9.17) is 4.42 Å². The standard InChI is InChI=1S/C19H24N2O4/c22-16(15-6-2-11-25-15)17(23)21-10-8-19(13-21)7-3-9-20(18(19)24)12-14-4-1-5-14/h2,6,11,14H,1,3-5,7-10,12-13H2/t19-/m0/s1. The molecule has 25 heavy (non-hydrogen) atoms. The molecule has 2 aliphatic heterocycles. The van der Waals surface area contributed by atoms with Crippen LogP contribution >= 0.6 is 0 Å². The van der Waals surface area contributed by atoms with Gasteiger partial charge in [0.15, 0.2) is 5.76 Å². The van der Waals surface area contributed by atoms with Crippen LogP contribution < -0.4 is 0 Å². The van der Waals surface area contributed by atoms with Crippen molar-refractivity contribution in [3.05, 3.63) is 24.2 Å². The zero-order valence-corrected chi connectivity index (χ0v) is 14.4. The second-order valence-corrected chi connectivity index (χ2v) is 7.72. The lowest BCUT2D eigenvalue weighted by Crippen LogP contribution is -2.52. The molecule has 1 atom stereocenters. The lowest BCUT2D eigenvalue weighted by atomic mass is 9.77. The molecule has 134 valence electrons. The van der Waals surface area contributed by atoms with Crippen molar-refractivity contribution in [1.82, 2.24) is 9.80 Å². The van der Waals surface area contributed by atoms with Crippen molar-refractivity contribution < 1.29 is 18.8 Å². The second-order valence-electron chi connectivity index (χ2n) is 7.72. The number of furan rings is 1. The van der Waals surface area contributed by atoms with E-state index in [1.807, 2.05) is 4.90 Å². The summed E-state index contributed by atoms with van der Waals surface area (Å²) in [5.41, 5.74) is -0.485. The molecular formula is C19H24N2O4. The largest absolute Gasteiger partial charge is 0.461 e. The third-order valence-electron chi connectivity index (χ3n) is 6.11. The molecule has 0 unspecified atom stereocenters. The second kappa shape index (κ2) is 6.32. The number of hydrogen-bond acceptors (Lipinski definition) is 4. The number of ketones is 1. The van der Waals surface area contributed by atoms with Crippen LogP contribution in [0.5, 0.6) is 0 Å². The summed E-state index contributed by atoms with van der Waals surface area (Å²) in [4.78, 5) is 41.3. The average molecular weight is 344 g/mol. The van der Waals surface area contributed by atoms with Crippen LogP contribution in [0.3, 0.4) is 0 Å². The van der Waals surface area contributed by atoms with E-state index in [0.717, 1.165) is 25.9 Å². The number of carbonyl (C=O) groups excluding carboxylic acids is 3. The summed E-state index contributed by atoms with van der Waals surface area (Å²) in [7, 11) is 0. The van der Waals surface area contributed by atoms with Crippen LogP contribution in [-0.2, 0) is 9.59 Å². The van der Waals surface area contributed by atoms with Gasteiger partial charge in [0.2, 0.25) is 5.91 Å². The molecule has 3 fully saturated rings. The maximum atomic E-state index is 13.1. The van der Waals surface area contributed by atoms with E-state index < -0.39 is 17.1 Å². The van der Waals surface area contributed by atoms with Crippen LogP contribution in [-0.4, -0.2) is 53.6 Å². The van der Waals surface area contributed by atoms with E-state index in [-0.39, 0.29) is 11.7 Å². The summed E-state index contributed by atoms with van der Waals surface area (Å²) in [5, 5.41) is 0. The van der Waals surface area contributed by atoms with Gasteiger partial charge in [0, 0.05) is 26.2 Å². The van der Waals surface area contributed by atoms with E-state index in [0.29, 0.717) is 25.4 Å². The van der Waals surface area contributed by atoms with Crippen LogP contribution in [0.25, 0.3) is 0 Å². The zero-order valence-electron chi connectivity index (χ0n) is 14.4. The highest BCUT2D eigenvalue weighted by molar-refractivity contribution is 6.42. The van der Waals surface area contributed by atoms with Crippen LogP contribution in [0.15, 0.2) is 22.8 Å². The molecule has 2 saturated heterocycles. The molecule has 1 aromatic heterocycles. The topological polar surface area (TPSA) is 70.8 Å². The molecule has 1 spiro atoms. The van der Waals surface area contributed by atoms with Crippen molar-refractivity contribution in [3.63, 3.8) is 0 Å². The molecule has 0 bridgehead atoms. The molecule has 6 nitrogen and oxygen atoms in total. The first-order chi connectivity index (χ1) is 12.1. The lowest BCUT2D eigenvalue weighted by Gasteiger charge is -2.42. The third kappa shape index (κ3) is 2.87. The monoisotopic (exact) mass is 344 g/mol. The SMILES string of the molecule is O=C(C(=O)N1CC[C@@]2(CCCN(CC3CCC3)C2=O)C1)c1ccco1. The van der Waals surface area contributed by atoms with E-state index in [9.17, 15) is 14.4 Å². The molecule has 1 aliphatic carbocycles. The van der Waals surface area contributed by atoms with Crippen molar-refractivity contribution in [1.29, 1.82) is 0 Å². The summed E-state index contributed by atoms with van der Waals surface area (Å²) in [5.74, 6) is -0.287. The van der Waals surface area contributed by atoms with Crippen molar-refractivity contribution in [3.8, 4) is 0 Å². The Morgan fingerprint density at radius 1 is 1.20 bits per heavy atom. The minimum atomic E-state index is -0.628. The normalized spacial score (nSPS) is 27.0. The first kappa shape index (κ1) is 16.4. The van der Waals surface area contributed by atoms with Gasteiger partial charge in [-0.05, 0) is 50.2 Å². The van der Waals surface area contributed by atoms with Crippen LogP contribution in [0.4, 0.5) is 0 Å². The summed E-state index contributed by atoms with van der Waals surface area (Å²) in [6.45, 7) is 2.52. The summed E-state index contributed by atoms with van der Waals surface area (Å²) < 4.78 is 5.04. The number of carbonyl (C=O) groups is 3. The number of amides is 2. The molecule has 6 heteroatoms. The molecule has 0 N–H and O–H groups in total. The fourth-order valence-corrected chi connectivity index (χ4v) is 4.39. The number of hydrogen-bond donors (Lipinski definition) is 0. The Bertz CT molecular complexity index is 680. The van der Waals surface area contributed by atoms with Gasteiger partial charge in [0.05, 0.1) is 11.7 Å². The highest BCUT2D eigenvalue weighted by Crippen LogP contribution is 2.41. The Kier molecular flexibility index (Phi) is 4.13. The van der Waals surface area contributed by atoms with E-state index in [1.165, 1.54) is 36.5 Å². The number of Topliss-reactive ketones (excluding diaryl/α,β-unsaturated/α-hetero) is 1. The first-order valence-electron chi connectivity index (χ1n) is 9.26. The van der Waals surface area contributed by atoms with Crippen molar-refractivity contribution in [2.24, 2.45) is 11.3 Å². The first-order valence-corrected chi connectivity index (χ1v) is 9.26. The smallest absolute Gasteiger partial charge is 0.298 e. The molecule has 0 aromatic carbocycles. The van der Waals surface area contributed by atoms with Crippen molar-refractivity contribution in [2.75, 3.05) is 26.2 Å².